The van der Waals surface area contributed by atoms with Gasteiger partial charge in [-0.15, -0.1) is 0 Å². The second-order valence-corrected chi connectivity index (χ2v) is 3.72. The Hall–Kier alpha value is -1.59. The first kappa shape index (κ1) is 13.5. The lowest BCUT2D eigenvalue weighted by molar-refractivity contribution is -0.138. The van der Waals surface area contributed by atoms with Crippen molar-refractivity contribution in [1.29, 1.82) is 0 Å². The fourth-order valence-corrected chi connectivity index (χ4v) is 1.48. The van der Waals surface area contributed by atoms with Gasteiger partial charge in [0.05, 0.1) is 19.1 Å². The number of aliphatic hydroxyl groups excluding tert-OH is 1. The van der Waals surface area contributed by atoms with Gasteiger partial charge in [-0.05, 0) is 6.07 Å². The lowest BCUT2D eigenvalue weighted by Crippen LogP contribution is -2.23. The molecule has 5 heteroatoms. The van der Waals surface area contributed by atoms with Crippen molar-refractivity contribution >= 4 is 11.7 Å². The van der Waals surface area contributed by atoms with Crippen LogP contribution in [-0.4, -0.2) is 35.9 Å². The number of benzene rings is 1. The minimum atomic E-state index is -1.01. The number of ether oxygens (including phenoxy) is 1. The molecule has 5 nitrogen and oxygen atoms in total. The van der Waals surface area contributed by atoms with Crippen molar-refractivity contribution in [1.82, 2.24) is 0 Å². The SMILES string of the molecule is COCc1ccccc1NCC(O)CC(=O)O. The maximum atomic E-state index is 10.4. The molecule has 1 aromatic carbocycles. The number of anilines is 1. The molecular weight excluding hydrogens is 222 g/mol. The van der Waals surface area contributed by atoms with Crippen LogP contribution in [0.2, 0.25) is 0 Å². The molecule has 0 radical (unpaired) electrons. The van der Waals surface area contributed by atoms with Crippen LogP contribution in [0.5, 0.6) is 0 Å². The normalized spacial score (nSPS) is 12.1. The Morgan fingerprint density at radius 3 is 2.82 bits per heavy atom. The van der Waals surface area contributed by atoms with Gasteiger partial charge in [0.1, 0.15) is 0 Å². The van der Waals surface area contributed by atoms with Crippen LogP contribution in [0.3, 0.4) is 0 Å². The highest BCUT2D eigenvalue weighted by Crippen LogP contribution is 2.15. The first-order valence-electron chi connectivity index (χ1n) is 5.34. The van der Waals surface area contributed by atoms with E-state index >= 15 is 0 Å². The van der Waals surface area contributed by atoms with Crippen molar-refractivity contribution in [2.24, 2.45) is 0 Å². The number of hydrogen-bond donors (Lipinski definition) is 3. The van der Waals surface area contributed by atoms with Crippen LogP contribution in [0.15, 0.2) is 24.3 Å². The van der Waals surface area contributed by atoms with Gasteiger partial charge in [0, 0.05) is 24.9 Å². The molecular formula is C12H17NO4. The summed E-state index contributed by atoms with van der Waals surface area (Å²) in [6, 6.07) is 7.54. The van der Waals surface area contributed by atoms with Gasteiger partial charge < -0.3 is 20.3 Å². The van der Waals surface area contributed by atoms with Crippen molar-refractivity contribution in [2.75, 3.05) is 19.0 Å². The summed E-state index contributed by atoms with van der Waals surface area (Å²) in [5.41, 5.74) is 1.82. The summed E-state index contributed by atoms with van der Waals surface area (Å²) in [4.78, 5) is 10.4. The van der Waals surface area contributed by atoms with Crippen LogP contribution < -0.4 is 5.32 Å². The minimum Gasteiger partial charge on any atom is -0.481 e. The maximum absolute atomic E-state index is 10.4. The van der Waals surface area contributed by atoms with Crippen molar-refractivity contribution in [3.05, 3.63) is 29.8 Å². The molecule has 1 aromatic rings. The van der Waals surface area contributed by atoms with Crippen molar-refractivity contribution in [2.45, 2.75) is 19.1 Å². The van der Waals surface area contributed by atoms with Crippen molar-refractivity contribution in [3.63, 3.8) is 0 Å². The molecule has 94 valence electrons. The van der Waals surface area contributed by atoms with E-state index in [0.29, 0.717) is 6.61 Å². The number of methoxy groups -OCH3 is 1. The van der Waals surface area contributed by atoms with Crippen LogP contribution in [0.4, 0.5) is 5.69 Å². The zero-order valence-corrected chi connectivity index (χ0v) is 9.72. The van der Waals surface area contributed by atoms with Crippen LogP contribution in [0, 0.1) is 0 Å². The third kappa shape index (κ3) is 4.84. The van der Waals surface area contributed by atoms with Crippen molar-refractivity contribution in [3.8, 4) is 0 Å². The van der Waals surface area contributed by atoms with Gasteiger partial charge >= 0.3 is 5.97 Å². The number of carboxylic acid groups (broad SMARTS) is 1. The van der Waals surface area contributed by atoms with Gasteiger partial charge in [0.25, 0.3) is 0 Å². The Balaban J connectivity index is 2.53. The number of nitrogens with one attached hydrogen (secondary N) is 1. The molecule has 1 rings (SSSR count). The summed E-state index contributed by atoms with van der Waals surface area (Å²) in [7, 11) is 1.61. The number of rotatable bonds is 7. The molecule has 0 aliphatic rings. The first-order chi connectivity index (χ1) is 8.13. The largest absolute Gasteiger partial charge is 0.481 e. The van der Waals surface area contributed by atoms with Crippen LogP contribution in [0.1, 0.15) is 12.0 Å². The average Bonchev–Trinajstić information content (AvgIpc) is 2.27. The van der Waals surface area contributed by atoms with Crippen LogP contribution in [-0.2, 0) is 16.1 Å². The molecule has 0 saturated carbocycles. The van der Waals surface area contributed by atoms with E-state index in [0.717, 1.165) is 11.3 Å². The smallest absolute Gasteiger partial charge is 0.306 e. The summed E-state index contributed by atoms with van der Waals surface area (Å²) in [5.74, 6) is -1.01. The highest BCUT2D eigenvalue weighted by atomic mass is 16.5. The molecule has 3 N–H and O–H groups in total. The Bertz CT molecular complexity index is 367. The summed E-state index contributed by atoms with van der Waals surface area (Å²) >= 11 is 0. The van der Waals surface area contributed by atoms with E-state index in [2.05, 4.69) is 5.32 Å². The molecule has 0 spiro atoms. The Morgan fingerprint density at radius 2 is 2.18 bits per heavy atom. The average molecular weight is 239 g/mol. The van der Waals surface area contributed by atoms with Gasteiger partial charge in [-0.1, -0.05) is 18.2 Å². The van der Waals surface area contributed by atoms with E-state index in [4.69, 9.17) is 9.84 Å². The molecule has 0 amide bonds. The predicted molar refractivity (Wildman–Crippen MR) is 63.9 cm³/mol. The monoisotopic (exact) mass is 239 g/mol. The lowest BCUT2D eigenvalue weighted by Gasteiger charge is -2.14. The number of carboxylic acids is 1. The number of hydrogen-bond acceptors (Lipinski definition) is 4. The fraction of sp³-hybridized carbons (Fsp3) is 0.417. The molecule has 0 bridgehead atoms. The van der Waals surface area contributed by atoms with E-state index < -0.39 is 12.1 Å². The molecule has 0 aliphatic heterocycles. The predicted octanol–water partition coefficient (Wildman–Crippen LogP) is 1.08. The minimum absolute atomic E-state index is 0.201. The maximum Gasteiger partial charge on any atom is 0.306 e. The molecule has 0 fully saturated rings. The van der Waals surface area contributed by atoms with Crippen LogP contribution in [0.25, 0.3) is 0 Å². The second kappa shape index (κ2) is 6.88. The van der Waals surface area contributed by atoms with E-state index in [1.165, 1.54) is 0 Å². The Morgan fingerprint density at radius 1 is 1.47 bits per heavy atom. The van der Waals surface area contributed by atoms with Gasteiger partial charge in [0.2, 0.25) is 0 Å². The van der Waals surface area contributed by atoms with E-state index in [1.54, 1.807) is 7.11 Å². The number of aliphatic hydroxyl groups is 1. The topological polar surface area (TPSA) is 78.8 Å². The van der Waals surface area contributed by atoms with Crippen molar-refractivity contribution < 1.29 is 19.7 Å². The van der Waals surface area contributed by atoms with Gasteiger partial charge in [-0.25, -0.2) is 0 Å². The zero-order chi connectivity index (χ0) is 12.7. The molecule has 0 aliphatic carbocycles. The summed E-state index contributed by atoms with van der Waals surface area (Å²) in [6.45, 7) is 0.672. The fourth-order valence-electron chi connectivity index (χ4n) is 1.48. The number of aliphatic carboxylic acids is 1. The molecule has 0 heterocycles. The summed E-state index contributed by atoms with van der Waals surface area (Å²) < 4.78 is 5.04. The van der Waals surface area contributed by atoms with Gasteiger partial charge in [0.15, 0.2) is 0 Å². The second-order valence-electron chi connectivity index (χ2n) is 3.72. The van der Waals surface area contributed by atoms with E-state index in [-0.39, 0.29) is 13.0 Å². The zero-order valence-electron chi connectivity index (χ0n) is 9.72. The van der Waals surface area contributed by atoms with E-state index in [9.17, 15) is 9.90 Å². The molecule has 17 heavy (non-hydrogen) atoms. The standard InChI is InChI=1S/C12H17NO4/c1-17-8-9-4-2-3-5-11(9)13-7-10(14)6-12(15)16/h2-5,10,13-14H,6-8H2,1H3,(H,15,16). The van der Waals surface area contributed by atoms with Gasteiger partial charge in [-0.3, -0.25) is 4.79 Å². The summed E-state index contributed by atoms with van der Waals surface area (Å²) in [6.07, 6.45) is -1.16. The Kier molecular flexibility index (Phi) is 5.45. The highest BCUT2D eigenvalue weighted by Gasteiger charge is 2.09. The molecule has 0 aromatic heterocycles. The quantitative estimate of drug-likeness (QED) is 0.663. The summed E-state index contributed by atoms with van der Waals surface area (Å²) in [5, 5.41) is 20.9. The first-order valence-corrected chi connectivity index (χ1v) is 5.34. The van der Waals surface area contributed by atoms with Gasteiger partial charge in [-0.2, -0.15) is 0 Å². The Labute approximate surface area is 100 Å². The van der Waals surface area contributed by atoms with E-state index in [1.807, 2.05) is 24.3 Å². The molecule has 1 unspecified atom stereocenters. The van der Waals surface area contributed by atoms with Crippen LogP contribution >= 0.6 is 0 Å². The number of para-hydroxylation sites is 1. The third-order valence-corrected chi connectivity index (χ3v) is 2.26. The number of carbonyl (C=O) groups is 1. The lowest BCUT2D eigenvalue weighted by atomic mass is 10.1. The molecule has 0 saturated heterocycles. The highest BCUT2D eigenvalue weighted by molar-refractivity contribution is 5.67. The molecule has 1 atom stereocenters. The third-order valence-electron chi connectivity index (χ3n) is 2.26.